The third kappa shape index (κ3) is 4.58. The number of aliphatic hydroxyl groups excluding tert-OH is 1. The molecule has 0 heterocycles. The maximum absolute atomic E-state index is 9.88. The van der Waals surface area contributed by atoms with Gasteiger partial charge in [0, 0.05) is 0 Å². The van der Waals surface area contributed by atoms with E-state index in [2.05, 4.69) is 38.3 Å². The summed E-state index contributed by atoms with van der Waals surface area (Å²) in [6.45, 7) is 4.24. The molecule has 1 atom stereocenters. The molecule has 0 aliphatic carbocycles. The van der Waals surface area contributed by atoms with Crippen LogP contribution in [0.4, 0.5) is 0 Å². The van der Waals surface area contributed by atoms with E-state index in [-0.39, 0.29) is 6.10 Å². The molecular formula is C14H22OS. The lowest BCUT2D eigenvalue weighted by atomic mass is 10.0. The maximum Gasteiger partial charge on any atom is 0.0580 e. The van der Waals surface area contributed by atoms with Gasteiger partial charge in [-0.1, -0.05) is 18.2 Å². The number of thioether (sulfide) groups is 1. The predicted octanol–water partition coefficient (Wildman–Crippen LogP) is 3.35. The van der Waals surface area contributed by atoms with E-state index in [1.165, 1.54) is 16.7 Å². The smallest absolute Gasteiger partial charge is 0.0580 e. The quantitative estimate of drug-likeness (QED) is 0.767. The average Bonchev–Trinajstić information content (AvgIpc) is 2.24. The lowest BCUT2D eigenvalue weighted by molar-refractivity contribution is 0.164. The zero-order valence-corrected chi connectivity index (χ0v) is 11.3. The first-order valence-corrected chi connectivity index (χ1v) is 7.26. The summed E-state index contributed by atoms with van der Waals surface area (Å²) in [6, 6.07) is 6.45. The van der Waals surface area contributed by atoms with E-state index in [1.54, 1.807) is 0 Å². The normalized spacial score (nSPS) is 12.8. The number of benzene rings is 1. The Hall–Kier alpha value is -0.470. The third-order valence-electron chi connectivity index (χ3n) is 2.93. The number of aryl methyl sites for hydroxylation is 2. The minimum absolute atomic E-state index is 0.186. The van der Waals surface area contributed by atoms with Crippen LogP contribution in [0.5, 0.6) is 0 Å². The summed E-state index contributed by atoms with van der Waals surface area (Å²) in [7, 11) is 0. The van der Waals surface area contributed by atoms with Gasteiger partial charge in [-0.2, -0.15) is 11.8 Å². The molecule has 0 spiro atoms. The van der Waals surface area contributed by atoms with Crippen molar-refractivity contribution in [2.45, 2.75) is 39.2 Å². The Morgan fingerprint density at radius 1 is 1.25 bits per heavy atom. The van der Waals surface area contributed by atoms with Crippen molar-refractivity contribution < 1.29 is 5.11 Å². The van der Waals surface area contributed by atoms with Gasteiger partial charge in [0.15, 0.2) is 0 Å². The Kier molecular flexibility index (Phi) is 5.93. The van der Waals surface area contributed by atoms with E-state index >= 15 is 0 Å². The molecule has 1 nitrogen and oxygen atoms in total. The van der Waals surface area contributed by atoms with E-state index in [1.807, 2.05) is 11.8 Å². The molecule has 16 heavy (non-hydrogen) atoms. The molecule has 0 saturated heterocycles. The van der Waals surface area contributed by atoms with Crippen LogP contribution >= 0.6 is 11.8 Å². The number of hydrogen-bond donors (Lipinski definition) is 1. The second kappa shape index (κ2) is 6.97. The van der Waals surface area contributed by atoms with Crippen LogP contribution in [0.2, 0.25) is 0 Å². The molecule has 0 aliphatic rings. The lowest BCUT2D eigenvalue weighted by Crippen LogP contribution is -2.10. The van der Waals surface area contributed by atoms with Gasteiger partial charge >= 0.3 is 0 Å². The highest BCUT2D eigenvalue weighted by Gasteiger charge is 2.05. The zero-order valence-electron chi connectivity index (χ0n) is 10.5. The second-order valence-electron chi connectivity index (χ2n) is 4.41. The maximum atomic E-state index is 9.88. The minimum atomic E-state index is -0.186. The first-order valence-electron chi connectivity index (χ1n) is 5.86. The summed E-state index contributed by atoms with van der Waals surface area (Å²) < 4.78 is 0. The molecule has 90 valence electrons. The van der Waals surface area contributed by atoms with Crippen LogP contribution in [0.1, 0.15) is 29.5 Å². The number of hydrogen-bond acceptors (Lipinski definition) is 2. The fraction of sp³-hybridized carbons (Fsp3) is 0.571. The topological polar surface area (TPSA) is 20.2 Å². The van der Waals surface area contributed by atoms with Gasteiger partial charge in [0.25, 0.3) is 0 Å². The number of rotatable bonds is 6. The van der Waals surface area contributed by atoms with Crippen LogP contribution < -0.4 is 0 Å². The Bertz CT molecular complexity index is 323. The van der Waals surface area contributed by atoms with Crippen molar-refractivity contribution in [1.82, 2.24) is 0 Å². The first kappa shape index (κ1) is 13.6. The predicted molar refractivity (Wildman–Crippen MR) is 73.2 cm³/mol. The Morgan fingerprint density at radius 2 is 2.00 bits per heavy atom. The van der Waals surface area contributed by atoms with Crippen molar-refractivity contribution in [3.63, 3.8) is 0 Å². The highest BCUT2D eigenvalue weighted by atomic mass is 32.2. The van der Waals surface area contributed by atoms with Gasteiger partial charge < -0.3 is 5.11 Å². The van der Waals surface area contributed by atoms with Crippen molar-refractivity contribution in [2.24, 2.45) is 0 Å². The van der Waals surface area contributed by atoms with Crippen LogP contribution in [-0.2, 0) is 6.42 Å². The van der Waals surface area contributed by atoms with Crippen molar-refractivity contribution in [3.05, 3.63) is 34.9 Å². The van der Waals surface area contributed by atoms with E-state index < -0.39 is 0 Å². The monoisotopic (exact) mass is 238 g/mol. The largest absolute Gasteiger partial charge is 0.393 e. The highest BCUT2D eigenvalue weighted by molar-refractivity contribution is 7.98. The van der Waals surface area contributed by atoms with Crippen molar-refractivity contribution in [1.29, 1.82) is 0 Å². The highest BCUT2D eigenvalue weighted by Crippen LogP contribution is 2.13. The third-order valence-corrected chi connectivity index (χ3v) is 3.63. The summed E-state index contributed by atoms with van der Waals surface area (Å²) in [6.07, 6.45) is 4.72. The molecule has 1 aromatic rings. The summed E-state index contributed by atoms with van der Waals surface area (Å²) in [5.74, 6) is 1.14. The van der Waals surface area contributed by atoms with Crippen LogP contribution in [-0.4, -0.2) is 23.2 Å². The van der Waals surface area contributed by atoms with Crippen molar-refractivity contribution >= 4 is 11.8 Å². The standard InChI is InChI=1S/C14H22OS/c1-11-6-7-13(9-12(11)2)10-14(15)5-4-8-16-3/h6-7,9,14-15H,4-5,8,10H2,1-3H3. The Balaban J connectivity index is 2.43. The molecule has 1 aromatic carbocycles. The summed E-state index contributed by atoms with van der Waals surface area (Å²) in [5, 5.41) is 9.88. The fourth-order valence-corrected chi connectivity index (χ4v) is 2.22. The molecule has 1 unspecified atom stereocenters. The van der Waals surface area contributed by atoms with E-state index in [0.29, 0.717) is 0 Å². The van der Waals surface area contributed by atoms with Crippen LogP contribution in [0.3, 0.4) is 0 Å². The van der Waals surface area contributed by atoms with E-state index in [0.717, 1.165) is 25.0 Å². The molecule has 0 bridgehead atoms. The lowest BCUT2D eigenvalue weighted by Gasteiger charge is -2.11. The zero-order chi connectivity index (χ0) is 12.0. The van der Waals surface area contributed by atoms with Crippen molar-refractivity contribution in [3.8, 4) is 0 Å². The Morgan fingerprint density at radius 3 is 2.62 bits per heavy atom. The van der Waals surface area contributed by atoms with Crippen LogP contribution in [0.15, 0.2) is 18.2 Å². The van der Waals surface area contributed by atoms with Gasteiger partial charge in [-0.05, 0) is 61.8 Å². The second-order valence-corrected chi connectivity index (χ2v) is 5.40. The van der Waals surface area contributed by atoms with Gasteiger partial charge in [0.05, 0.1) is 6.10 Å². The molecule has 1 N–H and O–H groups in total. The SMILES string of the molecule is CSCCCC(O)Cc1ccc(C)c(C)c1. The summed E-state index contributed by atoms with van der Waals surface area (Å²) in [4.78, 5) is 0. The molecule has 2 heteroatoms. The van der Waals surface area contributed by atoms with Gasteiger partial charge in [-0.3, -0.25) is 0 Å². The summed E-state index contributed by atoms with van der Waals surface area (Å²) >= 11 is 1.84. The Labute approximate surface area is 103 Å². The molecule has 0 saturated carbocycles. The number of aliphatic hydroxyl groups is 1. The molecule has 0 aromatic heterocycles. The molecule has 0 aliphatic heterocycles. The first-order chi connectivity index (χ1) is 7.63. The summed E-state index contributed by atoms with van der Waals surface area (Å²) in [5.41, 5.74) is 3.88. The van der Waals surface area contributed by atoms with Gasteiger partial charge in [-0.25, -0.2) is 0 Å². The van der Waals surface area contributed by atoms with Gasteiger partial charge in [0.1, 0.15) is 0 Å². The molecule has 0 fully saturated rings. The van der Waals surface area contributed by atoms with Crippen LogP contribution in [0.25, 0.3) is 0 Å². The van der Waals surface area contributed by atoms with Crippen molar-refractivity contribution in [2.75, 3.05) is 12.0 Å². The van der Waals surface area contributed by atoms with E-state index in [9.17, 15) is 5.11 Å². The molecule has 0 radical (unpaired) electrons. The van der Waals surface area contributed by atoms with Gasteiger partial charge in [0.2, 0.25) is 0 Å². The minimum Gasteiger partial charge on any atom is -0.393 e. The average molecular weight is 238 g/mol. The van der Waals surface area contributed by atoms with E-state index in [4.69, 9.17) is 0 Å². The fourth-order valence-electron chi connectivity index (χ4n) is 1.77. The molecule has 1 rings (SSSR count). The molecular weight excluding hydrogens is 216 g/mol. The molecule has 0 amide bonds. The van der Waals surface area contributed by atoms with Crippen LogP contribution in [0, 0.1) is 13.8 Å². The van der Waals surface area contributed by atoms with Gasteiger partial charge in [-0.15, -0.1) is 0 Å².